The predicted octanol–water partition coefficient (Wildman–Crippen LogP) is 1.77. The lowest BCUT2D eigenvalue weighted by Crippen LogP contribution is -2.18. The molecule has 0 aliphatic carbocycles. The summed E-state index contributed by atoms with van der Waals surface area (Å²) in [5.74, 6) is -0.00801. The average Bonchev–Trinajstić information content (AvgIpc) is 2.56. The summed E-state index contributed by atoms with van der Waals surface area (Å²) in [7, 11) is 1.96. The Morgan fingerprint density at radius 1 is 1.40 bits per heavy atom. The van der Waals surface area contributed by atoms with E-state index in [-0.39, 0.29) is 5.78 Å². The van der Waals surface area contributed by atoms with Gasteiger partial charge in [0, 0.05) is 29.7 Å². The molecule has 1 aromatic carbocycles. The molecule has 0 spiro atoms. The van der Waals surface area contributed by atoms with Crippen molar-refractivity contribution in [2.75, 3.05) is 0 Å². The van der Waals surface area contributed by atoms with Crippen molar-refractivity contribution in [2.45, 2.75) is 13.0 Å². The maximum absolute atomic E-state index is 11.3. The molecule has 0 aliphatic heterocycles. The second-order valence-electron chi connectivity index (χ2n) is 3.80. The van der Waals surface area contributed by atoms with E-state index in [0.29, 0.717) is 0 Å². The van der Waals surface area contributed by atoms with Gasteiger partial charge in [0.15, 0.2) is 5.78 Å². The molecule has 0 aliphatic rings. The van der Waals surface area contributed by atoms with Gasteiger partial charge in [-0.1, -0.05) is 18.2 Å². The number of para-hydroxylation sites is 1. The first kappa shape index (κ1) is 9.93. The number of ketones is 1. The van der Waals surface area contributed by atoms with Gasteiger partial charge in [0.25, 0.3) is 0 Å². The first-order valence-electron chi connectivity index (χ1n) is 4.91. The Hall–Kier alpha value is -1.61. The second-order valence-corrected chi connectivity index (χ2v) is 3.80. The Bertz CT molecular complexity index is 513. The molecule has 1 aromatic heterocycles. The zero-order valence-electron chi connectivity index (χ0n) is 8.90. The van der Waals surface area contributed by atoms with Crippen molar-refractivity contribution in [1.82, 2.24) is 4.57 Å². The van der Waals surface area contributed by atoms with Gasteiger partial charge in [0.05, 0.1) is 6.04 Å². The number of benzene rings is 1. The van der Waals surface area contributed by atoms with Crippen molar-refractivity contribution < 1.29 is 4.79 Å². The summed E-state index contributed by atoms with van der Waals surface area (Å²) < 4.78 is 1.99. The lowest BCUT2D eigenvalue weighted by molar-refractivity contribution is -0.118. The molecule has 1 heterocycles. The van der Waals surface area contributed by atoms with Gasteiger partial charge in [-0.05, 0) is 13.0 Å². The number of aryl methyl sites for hydroxylation is 1. The van der Waals surface area contributed by atoms with Gasteiger partial charge in [-0.25, -0.2) is 0 Å². The fourth-order valence-electron chi connectivity index (χ4n) is 1.84. The van der Waals surface area contributed by atoms with E-state index in [1.807, 2.05) is 42.1 Å². The zero-order chi connectivity index (χ0) is 11.0. The second kappa shape index (κ2) is 3.51. The Morgan fingerprint density at radius 2 is 2.07 bits per heavy atom. The van der Waals surface area contributed by atoms with Crippen LogP contribution in [-0.2, 0) is 11.8 Å². The first-order valence-corrected chi connectivity index (χ1v) is 4.91. The number of nitrogens with two attached hydrogens (primary N) is 1. The summed E-state index contributed by atoms with van der Waals surface area (Å²) in [6, 6.07) is 7.43. The van der Waals surface area contributed by atoms with Crippen LogP contribution in [0.4, 0.5) is 0 Å². The van der Waals surface area contributed by atoms with E-state index in [9.17, 15) is 4.79 Å². The van der Waals surface area contributed by atoms with Crippen molar-refractivity contribution in [3.8, 4) is 0 Å². The minimum atomic E-state index is -0.518. The van der Waals surface area contributed by atoms with E-state index in [4.69, 9.17) is 5.73 Å². The Balaban J connectivity index is 2.67. The molecule has 3 nitrogen and oxygen atoms in total. The summed E-state index contributed by atoms with van der Waals surface area (Å²) in [4.78, 5) is 11.3. The van der Waals surface area contributed by atoms with E-state index in [0.717, 1.165) is 16.5 Å². The molecule has 0 amide bonds. The highest BCUT2D eigenvalue weighted by Crippen LogP contribution is 2.24. The topological polar surface area (TPSA) is 48.0 Å². The molecule has 2 aromatic rings. The van der Waals surface area contributed by atoms with Crippen molar-refractivity contribution in [3.05, 3.63) is 36.0 Å². The Kier molecular flexibility index (Phi) is 2.32. The van der Waals surface area contributed by atoms with E-state index in [2.05, 4.69) is 0 Å². The fraction of sp³-hybridized carbons (Fsp3) is 0.250. The largest absolute Gasteiger partial charge is 0.350 e. The third-order valence-electron chi connectivity index (χ3n) is 2.70. The standard InChI is InChI=1S/C12H14N2O/c1-8(15)12(13)10-7-14(2)11-6-4-3-5-9(10)11/h3-7,12H,13H2,1-2H3. The maximum atomic E-state index is 11.3. The number of nitrogens with zero attached hydrogens (tertiary/aromatic N) is 1. The maximum Gasteiger partial charge on any atom is 0.151 e. The minimum Gasteiger partial charge on any atom is -0.350 e. The van der Waals surface area contributed by atoms with E-state index in [1.54, 1.807) is 0 Å². The number of aromatic nitrogens is 1. The molecule has 0 bridgehead atoms. The van der Waals surface area contributed by atoms with Crippen LogP contribution in [0, 0.1) is 0 Å². The molecule has 78 valence electrons. The lowest BCUT2D eigenvalue weighted by atomic mass is 10.0. The van der Waals surface area contributed by atoms with Crippen LogP contribution in [0.2, 0.25) is 0 Å². The highest BCUT2D eigenvalue weighted by Gasteiger charge is 2.16. The van der Waals surface area contributed by atoms with Crippen LogP contribution in [-0.4, -0.2) is 10.4 Å². The quantitative estimate of drug-likeness (QED) is 0.806. The van der Waals surface area contributed by atoms with Gasteiger partial charge in [-0.15, -0.1) is 0 Å². The van der Waals surface area contributed by atoms with Crippen LogP contribution in [0.25, 0.3) is 10.9 Å². The molecule has 2 rings (SSSR count). The molecule has 0 saturated carbocycles. The number of hydrogen-bond acceptors (Lipinski definition) is 2. The molecule has 1 atom stereocenters. The number of carbonyl (C=O) groups is 1. The van der Waals surface area contributed by atoms with Crippen molar-refractivity contribution in [2.24, 2.45) is 12.8 Å². The smallest absolute Gasteiger partial charge is 0.151 e. The van der Waals surface area contributed by atoms with Crippen molar-refractivity contribution in [3.63, 3.8) is 0 Å². The number of rotatable bonds is 2. The van der Waals surface area contributed by atoms with Crippen molar-refractivity contribution >= 4 is 16.7 Å². The van der Waals surface area contributed by atoms with E-state index in [1.165, 1.54) is 6.92 Å². The molecule has 0 fully saturated rings. The third-order valence-corrected chi connectivity index (χ3v) is 2.70. The highest BCUT2D eigenvalue weighted by atomic mass is 16.1. The minimum absolute atomic E-state index is 0.00801. The average molecular weight is 202 g/mol. The summed E-state index contributed by atoms with van der Waals surface area (Å²) in [6.45, 7) is 1.52. The van der Waals surface area contributed by atoms with Gasteiger partial charge in [0.1, 0.15) is 0 Å². The first-order chi connectivity index (χ1) is 7.11. The van der Waals surface area contributed by atoms with E-state index >= 15 is 0 Å². The summed E-state index contributed by atoms with van der Waals surface area (Å²) in [5.41, 5.74) is 7.86. The van der Waals surface area contributed by atoms with Crippen LogP contribution >= 0.6 is 0 Å². The van der Waals surface area contributed by atoms with Crippen LogP contribution in [0.15, 0.2) is 30.5 Å². The Labute approximate surface area is 88.5 Å². The lowest BCUT2D eigenvalue weighted by Gasteiger charge is -2.05. The highest BCUT2D eigenvalue weighted by molar-refractivity contribution is 5.91. The fourth-order valence-corrected chi connectivity index (χ4v) is 1.84. The van der Waals surface area contributed by atoms with E-state index < -0.39 is 6.04 Å². The van der Waals surface area contributed by atoms with Crippen LogP contribution in [0.1, 0.15) is 18.5 Å². The van der Waals surface area contributed by atoms with Gasteiger partial charge in [0.2, 0.25) is 0 Å². The Morgan fingerprint density at radius 3 is 2.73 bits per heavy atom. The molecule has 2 N–H and O–H groups in total. The molecular weight excluding hydrogens is 188 g/mol. The van der Waals surface area contributed by atoms with Crippen LogP contribution in [0.5, 0.6) is 0 Å². The molecular formula is C12H14N2O. The monoisotopic (exact) mass is 202 g/mol. The number of carbonyl (C=O) groups excluding carboxylic acids is 1. The summed E-state index contributed by atoms with van der Waals surface area (Å²) in [5, 5.41) is 1.06. The van der Waals surface area contributed by atoms with Gasteiger partial charge < -0.3 is 10.3 Å². The number of hydrogen-bond donors (Lipinski definition) is 1. The van der Waals surface area contributed by atoms with Crippen LogP contribution in [0.3, 0.4) is 0 Å². The number of fused-ring (bicyclic) bond motifs is 1. The SMILES string of the molecule is CC(=O)C(N)c1cn(C)c2ccccc12. The molecule has 1 unspecified atom stereocenters. The molecule has 0 saturated heterocycles. The molecule has 15 heavy (non-hydrogen) atoms. The van der Waals surface area contributed by atoms with Gasteiger partial charge in [-0.3, -0.25) is 4.79 Å². The summed E-state index contributed by atoms with van der Waals surface area (Å²) >= 11 is 0. The van der Waals surface area contributed by atoms with Crippen LogP contribution < -0.4 is 5.73 Å². The number of Topliss-reactive ketones (excluding diaryl/α,β-unsaturated/α-hetero) is 1. The van der Waals surface area contributed by atoms with Gasteiger partial charge >= 0.3 is 0 Å². The third kappa shape index (κ3) is 1.55. The summed E-state index contributed by atoms with van der Waals surface area (Å²) in [6.07, 6.45) is 1.93. The van der Waals surface area contributed by atoms with Crippen molar-refractivity contribution in [1.29, 1.82) is 0 Å². The van der Waals surface area contributed by atoms with Gasteiger partial charge in [-0.2, -0.15) is 0 Å². The normalized spacial score (nSPS) is 13.0. The predicted molar refractivity (Wildman–Crippen MR) is 60.5 cm³/mol. The molecule has 0 radical (unpaired) electrons. The molecule has 3 heteroatoms. The zero-order valence-corrected chi connectivity index (χ0v) is 8.90.